The summed E-state index contributed by atoms with van der Waals surface area (Å²) in [5.41, 5.74) is 10.9. The van der Waals surface area contributed by atoms with E-state index in [1.54, 1.807) is 0 Å². The normalized spacial score (nSPS) is 11.2. The van der Waals surface area contributed by atoms with Crippen LogP contribution in [0, 0.1) is 0 Å². The number of rotatable bonds is 11. The number of nitrogens with one attached hydrogen (secondary N) is 1. The van der Waals surface area contributed by atoms with Gasteiger partial charge in [0.25, 0.3) is 0 Å². The summed E-state index contributed by atoms with van der Waals surface area (Å²) < 4.78 is 0. The van der Waals surface area contributed by atoms with Gasteiger partial charge in [-0.25, -0.2) is 0 Å². The van der Waals surface area contributed by atoms with Crippen molar-refractivity contribution in [3.8, 4) is 0 Å². The third-order valence-electron chi connectivity index (χ3n) is 2.38. The molecule has 92 valence electrons. The zero-order valence-corrected chi connectivity index (χ0v) is 10.2. The topological polar surface area (TPSA) is 67.3 Å². The maximum atomic E-state index is 5.51. The molecule has 0 aromatic carbocycles. The van der Waals surface area contributed by atoms with E-state index in [-0.39, 0.29) is 0 Å². The third-order valence-corrected chi connectivity index (χ3v) is 2.38. The molecule has 0 saturated carbocycles. The van der Waals surface area contributed by atoms with Crippen molar-refractivity contribution in [2.24, 2.45) is 11.5 Å². The number of hydrogen-bond donors (Lipinski definition) is 3. The zero-order valence-electron chi connectivity index (χ0n) is 10.2. The Balaban J connectivity index is 3.38. The van der Waals surface area contributed by atoms with E-state index < -0.39 is 0 Å². The minimum absolute atomic E-state index is 0.777. The SMILES string of the molecule is CCCN(CCCN)CCNCCCN. The largest absolute Gasteiger partial charge is 0.330 e. The van der Waals surface area contributed by atoms with E-state index in [9.17, 15) is 0 Å². The van der Waals surface area contributed by atoms with Crippen molar-refractivity contribution in [1.82, 2.24) is 10.2 Å². The molecule has 0 amide bonds. The van der Waals surface area contributed by atoms with Crippen LogP contribution in [0.2, 0.25) is 0 Å². The Bertz CT molecular complexity index is 119. The molecule has 0 aliphatic carbocycles. The van der Waals surface area contributed by atoms with Crippen molar-refractivity contribution in [1.29, 1.82) is 0 Å². The molecule has 5 N–H and O–H groups in total. The summed E-state index contributed by atoms with van der Waals surface area (Å²) in [4.78, 5) is 2.47. The first-order chi connectivity index (χ1) is 7.35. The highest BCUT2D eigenvalue weighted by molar-refractivity contribution is 4.60. The summed E-state index contributed by atoms with van der Waals surface area (Å²) >= 11 is 0. The summed E-state index contributed by atoms with van der Waals surface area (Å²) in [6.45, 7) is 9.31. The maximum Gasteiger partial charge on any atom is 0.0107 e. The van der Waals surface area contributed by atoms with E-state index in [1.165, 1.54) is 13.0 Å². The maximum absolute atomic E-state index is 5.51. The van der Waals surface area contributed by atoms with Gasteiger partial charge in [-0.1, -0.05) is 6.92 Å². The molecule has 0 saturated heterocycles. The van der Waals surface area contributed by atoms with Crippen LogP contribution in [-0.2, 0) is 0 Å². The van der Waals surface area contributed by atoms with Gasteiger partial charge in [0.15, 0.2) is 0 Å². The van der Waals surface area contributed by atoms with Gasteiger partial charge in [0, 0.05) is 13.1 Å². The second kappa shape index (κ2) is 11.9. The highest BCUT2D eigenvalue weighted by Gasteiger charge is 2.01. The molecule has 0 radical (unpaired) electrons. The van der Waals surface area contributed by atoms with Gasteiger partial charge in [-0.15, -0.1) is 0 Å². The number of nitrogens with two attached hydrogens (primary N) is 2. The molecule has 0 aromatic heterocycles. The Morgan fingerprint density at radius 1 is 0.933 bits per heavy atom. The molecule has 0 unspecified atom stereocenters. The van der Waals surface area contributed by atoms with Gasteiger partial charge >= 0.3 is 0 Å². The quantitative estimate of drug-likeness (QED) is 0.425. The lowest BCUT2D eigenvalue weighted by molar-refractivity contribution is 0.272. The zero-order chi connectivity index (χ0) is 11.4. The Morgan fingerprint density at radius 3 is 2.27 bits per heavy atom. The van der Waals surface area contributed by atoms with E-state index in [4.69, 9.17) is 11.5 Å². The van der Waals surface area contributed by atoms with E-state index in [1.807, 2.05) is 0 Å². The smallest absolute Gasteiger partial charge is 0.0107 e. The van der Waals surface area contributed by atoms with Gasteiger partial charge in [0.2, 0.25) is 0 Å². The van der Waals surface area contributed by atoms with Crippen LogP contribution < -0.4 is 16.8 Å². The molecule has 0 aliphatic heterocycles. The summed E-state index contributed by atoms with van der Waals surface area (Å²) in [6.07, 6.45) is 3.38. The van der Waals surface area contributed by atoms with Gasteiger partial charge < -0.3 is 21.7 Å². The van der Waals surface area contributed by atoms with Crippen LogP contribution in [0.15, 0.2) is 0 Å². The molecular formula is C11H28N4. The summed E-state index contributed by atoms with van der Waals surface area (Å²) in [7, 11) is 0. The second-order valence-corrected chi connectivity index (χ2v) is 3.88. The van der Waals surface area contributed by atoms with Crippen LogP contribution in [-0.4, -0.2) is 50.7 Å². The van der Waals surface area contributed by atoms with Crippen LogP contribution >= 0.6 is 0 Å². The molecule has 4 nitrogen and oxygen atoms in total. The van der Waals surface area contributed by atoms with Gasteiger partial charge in [-0.2, -0.15) is 0 Å². The average Bonchev–Trinajstić information content (AvgIpc) is 2.25. The Morgan fingerprint density at radius 2 is 1.67 bits per heavy atom. The first kappa shape index (κ1) is 14.8. The highest BCUT2D eigenvalue weighted by Crippen LogP contribution is 1.92. The average molecular weight is 216 g/mol. The lowest BCUT2D eigenvalue weighted by Gasteiger charge is -2.21. The van der Waals surface area contributed by atoms with Crippen LogP contribution in [0.25, 0.3) is 0 Å². The summed E-state index contributed by atoms with van der Waals surface area (Å²) in [5.74, 6) is 0. The van der Waals surface area contributed by atoms with Crippen LogP contribution in [0.5, 0.6) is 0 Å². The third kappa shape index (κ3) is 10.1. The van der Waals surface area contributed by atoms with Crippen molar-refractivity contribution in [3.63, 3.8) is 0 Å². The molecule has 0 bridgehead atoms. The number of hydrogen-bond acceptors (Lipinski definition) is 4. The summed E-state index contributed by atoms with van der Waals surface area (Å²) in [6, 6.07) is 0. The van der Waals surface area contributed by atoms with E-state index in [0.717, 1.165) is 52.1 Å². The molecule has 0 aliphatic rings. The molecule has 15 heavy (non-hydrogen) atoms. The van der Waals surface area contributed by atoms with E-state index in [0.29, 0.717) is 0 Å². The fourth-order valence-electron chi connectivity index (χ4n) is 1.56. The summed E-state index contributed by atoms with van der Waals surface area (Å²) in [5, 5.41) is 3.40. The monoisotopic (exact) mass is 216 g/mol. The predicted molar refractivity (Wildman–Crippen MR) is 66.9 cm³/mol. The fraction of sp³-hybridized carbons (Fsp3) is 1.00. The molecule has 4 heteroatoms. The Labute approximate surface area is 94.4 Å². The number of nitrogens with zero attached hydrogens (tertiary/aromatic N) is 1. The Kier molecular flexibility index (Phi) is 11.8. The molecule has 0 fully saturated rings. The predicted octanol–water partition coefficient (Wildman–Crippen LogP) is -0.0144. The minimum atomic E-state index is 0.777. The molecule has 0 rings (SSSR count). The van der Waals surface area contributed by atoms with Crippen molar-refractivity contribution in [3.05, 3.63) is 0 Å². The van der Waals surface area contributed by atoms with E-state index in [2.05, 4.69) is 17.1 Å². The van der Waals surface area contributed by atoms with Crippen LogP contribution in [0.4, 0.5) is 0 Å². The van der Waals surface area contributed by atoms with Gasteiger partial charge in [-0.05, 0) is 52.0 Å². The van der Waals surface area contributed by atoms with Crippen LogP contribution in [0.1, 0.15) is 26.2 Å². The van der Waals surface area contributed by atoms with Gasteiger partial charge in [0.1, 0.15) is 0 Å². The lowest BCUT2D eigenvalue weighted by Crippen LogP contribution is -2.34. The molecular weight excluding hydrogens is 188 g/mol. The Hall–Kier alpha value is -0.160. The fourth-order valence-corrected chi connectivity index (χ4v) is 1.56. The van der Waals surface area contributed by atoms with Crippen molar-refractivity contribution < 1.29 is 0 Å². The van der Waals surface area contributed by atoms with Crippen molar-refractivity contribution >= 4 is 0 Å². The van der Waals surface area contributed by atoms with Gasteiger partial charge in [0.05, 0.1) is 0 Å². The van der Waals surface area contributed by atoms with Crippen molar-refractivity contribution in [2.75, 3.05) is 45.8 Å². The minimum Gasteiger partial charge on any atom is -0.330 e. The van der Waals surface area contributed by atoms with E-state index >= 15 is 0 Å². The molecule has 0 spiro atoms. The first-order valence-corrected chi connectivity index (χ1v) is 6.18. The van der Waals surface area contributed by atoms with Gasteiger partial charge in [-0.3, -0.25) is 0 Å². The first-order valence-electron chi connectivity index (χ1n) is 6.18. The van der Waals surface area contributed by atoms with Crippen LogP contribution in [0.3, 0.4) is 0 Å². The molecule has 0 aromatic rings. The molecule has 0 atom stereocenters. The second-order valence-electron chi connectivity index (χ2n) is 3.88. The standard InChI is InChI=1S/C11H28N4/c1-2-9-15(10-4-6-13)11-8-14-7-3-5-12/h14H,2-13H2,1H3. The molecule has 0 heterocycles. The highest BCUT2D eigenvalue weighted by atomic mass is 15.1. The van der Waals surface area contributed by atoms with Crippen molar-refractivity contribution in [2.45, 2.75) is 26.2 Å². The lowest BCUT2D eigenvalue weighted by atomic mass is 10.3.